The van der Waals surface area contributed by atoms with E-state index in [1.165, 1.54) is 53.8 Å². The van der Waals surface area contributed by atoms with Gasteiger partial charge in [0.1, 0.15) is 48.3 Å². The lowest BCUT2D eigenvalue weighted by Gasteiger charge is -2.30. The van der Waals surface area contributed by atoms with E-state index in [-0.39, 0.29) is 54.6 Å². The summed E-state index contributed by atoms with van der Waals surface area (Å²) in [6.45, 7) is 7.92. The first-order valence-corrected chi connectivity index (χ1v) is 42.9. The summed E-state index contributed by atoms with van der Waals surface area (Å²) >= 11 is 3.18. The van der Waals surface area contributed by atoms with E-state index in [2.05, 4.69) is 131 Å². The molecule has 0 aliphatic carbocycles. The van der Waals surface area contributed by atoms with E-state index >= 15 is 0 Å². The number of nitrogens with zero attached hydrogens (tertiary/aromatic N) is 6. The van der Waals surface area contributed by atoms with Gasteiger partial charge in [-0.05, 0) is 157 Å². The number of benzene rings is 12. The molecule has 126 heavy (non-hydrogen) atoms. The van der Waals surface area contributed by atoms with Crippen molar-refractivity contribution >= 4 is 52.0 Å². The maximum atomic E-state index is 13.2. The van der Waals surface area contributed by atoms with Crippen molar-refractivity contribution < 1.29 is 51.6 Å². The van der Waals surface area contributed by atoms with Gasteiger partial charge >= 0.3 is 13.2 Å². The number of amides is 1. The molecule has 3 atom stereocenters. The molecule has 3 aliphatic heterocycles. The van der Waals surface area contributed by atoms with E-state index in [0.717, 1.165) is 147 Å². The molecule has 0 bridgehead atoms. The number of rotatable bonds is 18. The number of hydrogen-bond donors (Lipinski definition) is 3. The highest BCUT2D eigenvalue weighted by atomic mass is 79.9. The molecule has 17 nitrogen and oxygen atoms in total. The van der Waals surface area contributed by atoms with Crippen LogP contribution in [0.3, 0.4) is 0 Å². The monoisotopic (exact) mass is 1740 g/mol. The molecule has 18 rings (SSSR count). The summed E-state index contributed by atoms with van der Waals surface area (Å²) in [5, 5.41) is 30.3. The molecule has 3 aliphatic rings. The maximum absolute atomic E-state index is 13.2. The van der Waals surface area contributed by atoms with Crippen molar-refractivity contribution in [2.45, 2.75) is 84.2 Å². The molecule has 1 amide bonds. The summed E-state index contributed by atoms with van der Waals surface area (Å²) in [6.07, 6.45) is 13.4. The van der Waals surface area contributed by atoms with Crippen LogP contribution in [-0.4, -0.2) is 110 Å². The van der Waals surface area contributed by atoms with Crippen molar-refractivity contribution in [3.05, 3.63) is 386 Å². The quantitative estimate of drug-likeness (QED) is 0.0313. The standard InChI is InChI=1S/C28H26N2O3.C21H19N3O.C20H20N2O.C14H11BrO.C14H12O.C8H8BFO3.CH4/c31-28(33-19-21-9-3-1-4-10-21)30-16-8-15-25(18-30)27-29-26(20-32-27)24-14-7-13-23(17-24)22-11-5-2-6-12-22;22-15-24-11-5-10-19(13-24)21-23-20(14-25-21)18-9-4-8-17(12-18)16-6-2-1-3-7-16;1-2-6-15(7-3-1)16-8-4-9-17(12-16)19-14-23-20(22-19)18-10-5-11-21-13-18;15-10-14(16)13-8-4-7-12(9-13)11-5-2-1-3-6-11;1-11(15)13-8-5-9-14(10-13)12-6-3-2-4-7-12;1-5(11)6-3-2-4-7(8(6)10)9(12)13;/h1-7,9-14,17,20,25H,8,15-16,18-19H2;1-4,6-9,12,14,19H,5,10-11,13H2;1-4,6-9,12,14,18,21H,5,10-11,13H2;1-9H,10H2;2-10H,1H3;2-4,12-13H,1H3;1H4. The summed E-state index contributed by atoms with van der Waals surface area (Å²) in [6, 6.07) is 105. The molecule has 3 N–H and O–H groups in total. The van der Waals surface area contributed by atoms with Crippen LogP contribution in [0.2, 0.25) is 0 Å². The van der Waals surface area contributed by atoms with Crippen molar-refractivity contribution in [2.24, 2.45) is 0 Å². The average Bonchev–Trinajstić information content (AvgIpc) is 1.65. The number of ketones is 3. The summed E-state index contributed by atoms with van der Waals surface area (Å²) in [5.41, 5.74) is 19.3. The third-order valence-electron chi connectivity index (χ3n) is 21.6. The Hall–Kier alpha value is -13.8. The number of Topliss-reactive ketones (excluding diaryl/α,β-unsaturated/α-hetero) is 3. The number of carbonyl (C=O) groups excluding carboxylic acids is 4. The summed E-state index contributed by atoms with van der Waals surface area (Å²) in [4.78, 5) is 64.0. The first-order valence-electron chi connectivity index (χ1n) is 41.8. The summed E-state index contributed by atoms with van der Waals surface area (Å²) in [5.74, 6) is 1.83. The minimum Gasteiger partial charge on any atom is -0.448 e. The normalized spacial score (nSPS) is 14.3. The predicted molar refractivity (Wildman–Crippen MR) is 501 cm³/mol. The van der Waals surface area contributed by atoms with Gasteiger partial charge in [-0.15, -0.1) is 0 Å². The minimum atomic E-state index is -1.89. The Bertz CT molecular complexity index is 6030. The lowest BCUT2D eigenvalue weighted by molar-refractivity contribution is 0.0838. The molecule has 15 aromatic rings. The number of nitrogens with one attached hydrogen (secondary N) is 1. The lowest BCUT2D eigenvalue weighted by atomic mass is 9.79. The molecule has 12 aromatic carbocycles. The molecule has 6 heterocycles. The molecular weight excluding hydrogens is 1640 g/mol. The van der Waals surface area contributed by atoms with Crippen LogP contribution in [0.5, 0.6) is 0 Å². The Morgan fingerprint density at radius 1 is 0.460 bits per heavy atom. The highest BCUT2D eigenvalue weighted by Crippen LogP contribution is 2.35. The molecule has 3 saturated heterocycles. The van der Waals surface area contributed by atoms with E-state index in [1.807, 2.05) is 200 Å². The Morgan fingerprint density at radius 3 is 1.25 bits per heavy atom. The van der Waals surface area contributed by atoms with Gasteiger partial charge in [-0.3, -0.25) is 14.4 Å². The fraction of sp³-hybridized carbons (Fsp3) is 0.189. The van der Waals surface area contributed by atoms with Gasteiger partial charge in [0.15, 0.2) is 41.2 Å². The van der Waals surface area contributed by atoms with Crippen LogP contribution in [-0.2, 0) is 11.3 Å². The van der Waals surface area contributed by atoms with Crippen LogP contribution in [0.15, 0.2) is 354 Å². The summed E-state index contributed by atoms with van der Waals surface area (Å²) < 4.78 is 36.1. The maximum Gasteiger partial charge on any atom is 0.491 e. The van der Waals surface area contributed by atoms with E-state index < -0.39 is 18.7 Å². The third-order valence-corrected chi connectivity index (χ3v) is 22.1. The van der Waals surface area contributed by atoms with Crippen LogP contribution in [0.1, 0.15) is 132 Å². The van der Waals surface area contributed by atoms with E-state index in [9.17, 15) is 23.6 Å². The van der Waals surface area contributed by atoms with E-state index in [0.29, 0.717) is 36.8 Å². The SMILES string of the molecule is C.CC(=O)c1cccc(-c2ccccc2)c1.CC(=O)c1cccc(B(O)O)c1F.N#CN1CCCC(c2nc(-c3cccc(-c4ccccc4)c3)co2)C1.O=C(CBr)c1cccc(-c2ccccc2)c1.O=C(OCc1ccccc1)N1CCCC(c2nc(-c3cccc(-c4ccccc4)c3)co2)C1.c1ccc(-c2cccc(-c3coc(C4CCCNC4)n3)c2)cc1. The number of piperidine rings is 3. The highest BCUT2D eigenvalue weighted by molar-refractivity contribution is 9.09. The zero-order valence-corrected chi connectivity index (χ0v) is 71.2. The number of halogens is 2. The molecule has 0 saturated carbocycles. The zero-order chi connectivity index (χ0) is 87.1. The predicted octanol–water partition coefficient (Wildman–Crippen LogP) is 23.5. The van der Waals surface area contributed by atoms with Crippen LogP contribution < -0.4 is 10.8 Å². The van der Waals surface area contributed by atoms with Gasteiger partial charge < -0.3 is 43.2 Å². The number of oxazole rings is 3. The molecule has 0 spiro atoms. The Labute approximate surface area is 744 Å². The van der Waals surface area contributed by atoms with Gasteiger partial charge in [0.25, 0.3) is 0 Å². The van der Waals surface area contributed by atoms with Crippen LogP contribution in [0.25, 0.3) is 89.4 Å². The Kier molecular flexibility index (Phi) is 33.8. The molecule has 636 valence electrons. The number of nitriles is 1. The Morgan fingerprint density at radius 2 is 0.833 bits per heavy atom. The van der Waals surface area contributed by atoms with E-state index in [4.69, 9.17) is 48.3 Å². The smallest absolute Gasteiger partial charge is 0.448 e. The minimum absolute atomic E-state index is 0. The number of alkyl halides is 1. The highest BCUT2D eigenvalue weighted by Gasteiger charge is 2.30. The van der Waals surface area contributed by atoms with Crippen LogP contribution >= 0.6 is 15.9 Å². The first-order chi connectivity index (χ1) is 61.1. The van der Waals surface area contributed by atoms with Crippen LogP contribution in [0.4, 0.5) is 9.18 Å². The summed E-state index contributed by atoms with van der Waals surface area (Å²) in [7, 11) is -1.89. The van der Waals surface area contributed by atoms with E-state index in [1.54, 1.807) is 35.5 Å². The second kappa shape index (κ2) is 46.6. The largest absolute Gasteiger partial charge is 0.491 e. The first kappa shape index (κ1) is 91.4. The molecule has 0 radical (unpaired) electrons. The molecule has 3 aromatic heterocycles. The second-order valence-corrected chi connectivity index (χ2v) is 31.0. The van der Waals surface area contributed by atoms with Gasteiger partial charge in [0, 0.05) is 71.9 Å². The van der Waals surface area contributed by atoms with Crippen molar-refractivity contribution in [1.82, 2.24) is 30.1 Å². The van der Waals surface area contributed by atoms with Crippen LogP contribution in [0, 0.1) is 17.3 Å². The van der Waals surface area contributed by atoms with Gasteiger partial charge in [-0.25, -0.2) is 24.1 Å². The molecular formula is C106H100BBrFN7O10. The van der Waals surface area contributed by atoms with Gasteiger partial charge in [-0.1, -0.05) is 308 Å². The molecule has 3 fully saturated rings. The number of ether oxygens (including phenoxy) is 1. The van der Waals surface area contributed by atoms with Gasteiger partial charge in [0.05, 0.1) is 22.7 Å². The lowest BCUT2D eigenvalue weighted by Crippen LogP contribution is -2.39. The fourth-order valence-electron chi connectivity index (χ4n) is 14.9. The Balaban J connectivity index is 0.000000141. The third kappa shape index (κ3) is 25.7. The number of carbonyl (C=O) groups is 4. The number of likely N-dealkylation sites (tertiary alicyclic amines) is 2. The van der Waals surface area contributed by atoms with Crippen molar-refractivity contribution in [2.75, 3.05) is 44.6 Å². The van der Waals surface area contributed by atoms with Crippen molar-refractivity contribution in [3.63, 3.8) is 0 Å². The fourth-order valence-corrected chi connectivity index (χ4v) is 15.2. The molecule has 20 heteroatoms. The number of hydrogen-bond acceptors (Lipinski definition) is 16. The average molecular weight is 1740 g/mol. The zero-order valence-electron chi connectivity index (χ0n) is 69.6. The van der Waals surface area contributed by atoms with Crippen molar-refractivity contribution in [1.29, 1.82) is 5.26 Å². The second-order valence-electron chi connectivity index (χ2n) is 30.5. The molecule has 3 unspecified atom stereocenters. The van der Waals surface area contributed by atoms with Gasteiger partial charge in [0.2, 0.25) is 0 Å². The van der Waals surface area contributed by atoms with Gasteiger partial charge in [-0.2, -0.15) is 5.26 Å². The number of aromatic nitrogens is 3. The van der Waals surface area contributed by atoms with Crippen molar-refractivity contribution in [3.8, 4) is 95.6 Å². The topological polar surface area (TPSA) is 238 Å².